The first-order valence-corrected chi connectivity index (χ1v) is 12.2. The van der Waals surface area contributed by atoms with Gasteiger partial charge in [-0.3, -0.25) is 9.88 Å². The van der Waals surface area contributed by atoms with E-state index >= 15 is 0 Å². The molecule has 0 aliphatic rings. The summed E-state index contributed by atoms with van der Waals surface area (Å²) in [5, 5.41) is 13.3. The fourth-order valence-corrected chi connectivity index (χ4v) is 4.29. The van der Waals surface area contributed by atoms with Crippen LogP contribution in [0.25, 0.3) is 32.0 Å². The number of thiazole rings is 1. The highest BCUT2D eigenvalue weighted by Crippen LogP contribution is 2.32. The van der Waals surface area contributed by atoms with E-state index in [1.54, 1.807) is 25.5 Å². The fraction of sp³-hybridized carbons (Fsp3) is 0.308. The summed E-state index contributed by atoms with van der Waals surface area (Å²) in [6.07, 6.45) is 1.94. The van der Waals surface area contributed by atoms with Crippen LogP contribution in [-0.2, 0) is 4.74 Å². The number of aromatic nitrogens is 3. The first-order chi connectivity index (χ1) is 17.1. The second kappa shape index (κ2) is 10.5. The first kappa shape index (κ1) is 25.5. The van der Waals surface area contributed by atoms with Gasteiger partial charge in [-0.25, -0.2) is 19.2 Å². The number of fused-ring (bicyclic) bond motifs is 1. The minimum Gasteiger partial charge on any atom is -0.443 e. The maximum atomic E-state index is 12.5. The van der Waals surface area contributed by atoms with Crippen molar-refractivity contribution in [3.05, 3.63) is 54.9 Å². The van der Waals surface area contributed by atoms with Gasteiger partial charge in [0.2, 0.25) is 0 Å². The molecule has 1 unspecified atom stereocenters. The number of carbonyl (C=O) groups excluding carboxylic acids is 1. The van der Waals surface area contributed by atoms with Crippen molar-refractivity contribution in [3.63, 3.8) is 0 Å². The van der Waals surface area contributed by atoms with Gasteiger partial charge in [0, 0.05) is 42.8 Å². The van der Waals surface area contributed by atoms with Crippen LogP contribution in [0.4, 0.5) is 20.7 Å². The summed E-state index contributed by atoms with van der Waals surface area (Å²) >= 11 is 1.53. The van der Waals surface area contributed by atoms with Crippen LogP contribution in [0.3, 0.4) is 0 Å². The minimum atomic E-state index is -1.03. The van der Waals surface area contributed by atoms with Crippen LogP contribution >= 0.6 is 11.3 Å². The van der Waals surface area contributed by atoms with Gasteiger partial charge >= 0.3 is 6.09 Å². The van der Waals surface area contributed by atoms with Crippen molar-refractivity contribution in [1.82, 2.24) is 15.0 Å². The van der Waals surface area contributed by atoms with Gasteiger partial charge in [-0.1, -0.05) is 0 Å². The molecule has 0 saturated heterocycles. The van der Waals surface area contributed by atoms with E-state index in [0.717, 1.165) is 37.7 Å². The van der Waals surface area contributed by atoms with E-state index in [0.29, 0.717) is 5.82 Å². The lowest BCUT2D eigenvalue weighted by atomic mass is 10.1. The summed E-state index contributed by atoms with van der Waals surface area (Å²) in [7, 11) is 1.62. The number of aliphatic hydroxyl groups excluding tert-OH is 1. The lowest BCUT2D eigenvalue weighted by molar-refractivity contribution is 0.0588. The maximum absolute atomic E-state index is 12.5. The third kappa shape index (κ3) is 6.13. The number of pyridine rings is 2. The molecule has 10 heteroatoms. The zero-order valence-corrected chi connectivity index (χ0v) is 21.3. The summed E-state index contributed by atoms with van der Waals surface area (Å²) < 4.78 is 18.8. The molecule has 4 aromatic rings. The third-order valence-corrected chi connectivity index (χ3v) is 6.24. The number of halogens is 1. The molecule has 1 amide bonds. The van der Waals surface area contributed by atoms with E-state index in [4.69, 9.17) is 9.72 Å². The Bertz CT molecular complexity index is 1340. The van der Waals surface area contributed by atoms with E-state index in [1.165, 1.54) is 16.2 Å². The molecular weight excluding hydrogens is 481 g/mol. The molecule has 0 bridgehead atoms. The van der Waals surface area contributed by atoms with E-state index < -0.39 is 24.5 Å². The van der Waals surface area contributed by atoms with Gasteiger partial charge in [0.25, 0.3) is 0 Å². The quantitative estimate of drug-likeness (QED) is 0.338. The van der Waals surface area contributed by atoms with Crippen LogP contribution in [-0.4, -0.2) is 58.1 Å². The third-order valence-electron chi connectivity index (χ3n) is 5.17. The standard InChI is InChI=1S/C26H28FN5O3S/c1-26(2,3)35-25(34)32(4)23-10-6-16(13-30-23)20-8-5-17(14-29-20)24-31-21-9-7-18(11-22(21)36-24)28-15-19(33)12-27/h5-11,13-14,19,28,33H,12,15H2,1-4H3. The van der Waals surface area contributed by atoms with Crippen LogP contribution in [0, 0.1) is 0 Å². The number of anilines is 2. The predicted octanol–water partition coefficient (Wildman–Crippen LogP) is 5.53. The molecule has 4 rings (SSSR count). The Morgan fingerprint density at radius 1 is 1.14 bits per heavy atom. The Morgan fingerprint density at radius 3 is 2.53 bits per heavy atom. The first-order valence-electron chi connectivity index (χ1n) is 11.4. The monoisotopic (exact) mass is 509 g/mol. The lowest BCUT2D eigenvalue weighted by Crippen LogP contribution is -2.34. The summed E-state index contributed by atoms with van der Waals surface area (Å²) in [6.45, 7) is 4.81. The Kier molecular flexibility index (Phi) is 7.46. The molecule has 0 aliphatic carbocycles. The zero-order valence-electron chi connectivity index (χ0n) is 20.5. The van der Waals surface area contributed by atoms with Crippen LogP contribution in [0.5, 0.6) is 0 Å². The highest BCUT2D eigenvalue weighted by molar-refractivity contribution is 7.21. The van der Waals surface area contributed by atoms with Crippen LogP contribution in [0.1, 0.15) is 20.8 Å². The molecule has 0 radical (unpaired) electrons. The molecule has 0 aliphatic heterocycles. The number of amides is 1. The summed E-state index contributed by atoms with van der Waals surface area (Å²) in [6, 6.07) is 13.2. The molecule has 3 aromatic heterocycles. The number of ether oxygens (including phenoxy) is 1. The topological polar surface area (TPSA) is 100 Å². The van der Waals surface area contributed by atoms with Crippen molar-refractivity contribution < 1.29 is 19.0 Å². The van der Waals surface area contributed by atoms with Gasteiger partial charge in [-0.05, 0) is 63.2 Å². The SMILES string of the molecule is CN(C(=O)OC(C)(C)C)c1ccc(-c2ccc(-c3nc4ccc(NCC(O)CF)cc4s3)cn2)cn1. The van der Waals surface area contributed by atoms with Crippen LogP contribution in [0.2, 0.25) is 0 Å². The zero-order chi connectivity index (χ0) is 25.9. The molecule has 1 atom stereocenters. The number of aliphatic hydroxyl groups is 1. The average Bonchev–Trinajstić information content (AvgIpc) is 3.29. The Hall–Kier alpha value is -3.63. The number of benzene rings is 1. The van der Waals surface area contributed by atoms with Crippen molar-refractivity contribution in [2.75, 3.05) is 30.5 Å². The maximum Gasteiger partial charge on any atom is 0.415 e. The van der Waals surface area contributed by atoms with Crippen molar-refractivity contribution in [2.24, 2.45) is 0 Å². The molecule has 8 nitrogen and oxygen atoms in total. The second-order valence-electron chi connectivity index (χ2n) is 9.27. The van der Waals surface area contributed by atoms with Crippen molar-refractivity contribution in [3.8, 4) is 21.8 Å². The number of hydrogen-bond acceptors (Lipinski definition) is 8. The smallest absolute Gasteiger partial charge is 0.415 e. The number of carbonyl (C=O) groups is 1. The Morgan fingerprint density at radius 2 is 1.89 bits per heavy atom. The summed E-state index contributed by atoms with van der Waals surface area (Å²) in [5.41, 5.74) is 3.52. The molecule has 1 aromatic carbocycles. The minimum absolute atomic E-state index is 0.145. The molecule has 0 spiro atoms. The van der Waals surface area contributed by atoms with Crippen molar-refractivity contribution in [2.45, 2.75) is 32.5 Å². The van der Waals surface area contributed by atoms with Gasteiger partial charge in [-0.15, -0.1) is 11.3 Å². The van der Waals surface area contributed by atoms with Gasteiger partial charge in [0.05, 0.1) is 22.0 Å². The second-order valence-corrected chi connectivity index (χ2v) is 10.3. The predicted molar refractivity (Wildman–Crippen MR) is 141 cm³/mol. The molecule has 2 N–H and O–H groups in total. The van der Waals surface area contributed by atoms with E-state index in [9.17, 15) is 14.3 Å². The Labute approximate surface area is 212 Å². The lowest BCUT2D eigenvalue weighted by Gasteiger charge is -2.24. The number of rotatable bonds is 7. The molecular formula is C26H28FN5O3S. The molecule has 0 saturated carbocycles. The van der Waals surface area contributed by atoms with E-state index in [-0.39, 0.29) is 6.54 Å². The molecule has 188 valence electrons. The van der Waals surface area contributed by atoms with Gasteiger partial charge in [0.15, 0.2) is 0 Å². The highest BCUT2D eigenvalue weighted by atomic mass is 32.1. The van der Waals surface area contributed by atoms with Gasteiger partial charge in [0.1, 0.15) is 23.1 Å². The normalized spacial score (nSPS) is 12.4. The molecule has 3 heterocycles. The summed E-state index contributed by atoms with van der Waals surface area (Å²) in [4.78, 5) is 27.3. The number of nitrogens with zero attached hydrogens (tertiary/aromatic N) is 4. The average molecular weight is 510 g/mol. The summed E-state index contributed by atoms with van der Waals surface area (Å²) in [5.74, 6) is 0.479. The van der Waals surface area contributed by atoms with Crippen LogP contribution < -0.4 is 10.2 Å². The number of alkyl halides is 1. The molecule has 36 heavy (non-hydrogen) atoms. The van der Waals surface area contributed by atoms with Gasteiger partial charge < -0.3 is 15.2 Å². The largest absolute Gasteiger partial charge is 0.443 e. The Balaban J connectivity index is 1.46. The van der Waals surface area contributed by atoms with Crippen LogP contribution in [0.15, 0.2) is 54.9 Å². The number of nitrogens with one attached hydrogen (secondary N) is 1. The van der Waals surface area contributed by atoms with Crippen molar-refractivity contribution >= 4 is 39.2 Å². The number of hydrogen-bond donors (Lipinski definition) is 2. The van der Waals surface area contributed by atoms with E-state index in [2.05, 4.69) is 15.3 Å². The van der Waals surface area contributed by atoms with Gasteiger partial charge in [-0.2, -0.15) is 0 Å². The fourth-order valence-electron chi connectivity index (χ4n) is 3.30. The van der Waals surface area contributed by atoms with E-state index in [1.807, 2.05) is 57.2 Å². The molecule has 0 fully saturated rings. The van der Waals surface area contributed by atoms with Crippen molar-refractivity contribution in [1.29, 1.82) is 0 Å². The highest BCUT2D eigenvalue weighted by Gasteiger charge is 2.21.